The lowest BCUT2D eigenvalue weighted by molar-refractivity contribution is -0.384. The quantitative estimate of drug-likeness (QED) is 0.491. The van der Waals surface area contributed by atoms with Gasteiger partial charge >= 0.3 is 0 Å². The number of non-ortho nitro benzene ring substituents is 1. The minimum Gasteiger partial charge on any atom is -0.350 e. The summed E-state index contributed by atoms with van der Waals surface area (Å²) in [4.78, 5) is 34.5. The second-order valence-electron chi connectivity index (χ2n) is 5.96. The van der Waals surface area contributed by atoms with E-state index in [9.17, 15) is 24.1 Å². The summed E-state index contributed by atoms with van der Waals surface area (Å²) in [6, 6.07) is 12.0. The highest BCUT2D eigenvalue weighted by molar-refractivity contribution is 6.33. The van der Waals surface area contributed by atoms with Gasteiger partial charge in [0.25, 0.3) is 17.2 Å². The fraction of sp³-hybridized carbons (Fsp3) is 0.105. The van der Waals surface area contributed by atoms with Crippen molar-refractivity contribution in [2.45, 2.75) is 6.54 Å². The second-order valence-corrected chi connectivity index (χ2v) is 6.37. The fourth-order valence-electron chi connectivity index (χ4n) is 2.56. The van der Waals surface area contributed by atoms with Crippen molar-refractivity contribution in [2.75, 3.05) is 6.54 Å². The molecule has 0 saturated heterocycles. The van der Waals surface area contributed by atoms with Gasteiger partial charge in [-0.15, -0.1) is 0 Å². The van der Waals surface area contributed by atoms with Gasteiger partial charge in [-0.1, -0.05) is 11.6 Å². The van der Waals surface area contributed by atoms with Crippen LogP contribution in [0.3, 0.4) is 0 Å². The topological polar surface area (TPSA) is 107 Å². The monoisotopic (exact) mass is 416 g/mol. The molecule has 0 saturated carbocycles. The van der Waals surface area contributed by atoms with Crippen molar-refractivity contribution in [1.29, 1.82) is 0 Å². The second kappa shape index (κ2) is 8.61. The molecule has 10 heteroatoms. The normalized spacial score (nSPS) is 10.6. The van der Waals surface area contributed by atoms with E-state index in [1.54, 1.807) is 12.1 Å². The molecule has 0 bridgehead atoms. The molecule has 1 N–H and O–H groups in total. The number of amides is 1. The number of benzene rings is 2. The van der Waals surface area contributed by atoms with Crippen LogP contribution in [0.25, 0.3) is 11.3 Å². The summed E-state index contributed by atoms with van der Waals surface area (Å²) in [6.45, 7) is 0.101. The van der Waals surface area contributed by atoms with Crippen molar-refractivity contribution >= 4 is 23.2 Å². The van der Waals surface area contributed by atoms with Crippen molar-refractivity contribution in [3.05, 3.63) is 91.5 Å². The Morgan fingerprint density at radius 3 is 2.59 bits per heavy atom. The average Bonchev–Trinajstić information content (AvgIpc) is 2.70. The van der Waals surface area contributed by atoms with Gasteiger partial charge in [0.05, 0.1) is 27.7 Å². The van der Waals surface area contributed by atoms with Gasteiger partial charge in [-0.3, -0.25) is 19.7 Å². The lowest BCUT2D eigenvalue weighted by Crippen LogP contribution is -2.32. The molecule has 1 aromatic heterocycles. The minimum absolute atomic E-state index is 0.0393. The summed E-state index contributed by atoms with van der Waals surface area (Å²) in [6.07, 6.45) is 0. The Kier molecular flexibility index (Phi) is 5.99. The van der Waals surface area contributed by atoms with Gasteiger partial charge in [0.15, 0.2) is 0 Å². The van der Waals surface area contributed by atoms with Crippen LogP contribution in [0.1, 0.15) is 10.4 Å². The number of halogens is 2. The van der Waals surface area contributed by atoms with E-state index in [0.29, 0.717) is 11.3 Å². The van der Waals surface area contributed by atoms with Crippen LogP contribution < -0.4 is 10.9 Å². The summed E-state index contributed by atoms with van der Waals surface area (Å²) >= 11 is 5.94. The maximum absolute atomic E-state index is 13.1. The third-order valence-electron chi connectivity index (χ3n) is 4.02. The third-order valence-corrected chi connectivity index (χ3v) is 4.35. The van der Waals surface area contributed by atoms with E-state index in [2.05, 4.69) is 10.4 Å². The van der Waals surface area contributed by atoms with Crippen LogP contribution in [0.15, 0.2) is 59.4 Å². The van der Waals surface area contributed by atoms with E-state index in [1.165, 1.54) is 36.4 Å². The Morgan fingerprint density at radius 2 is 1.90 bits per heavy atom. The van der Waals surface area contributed by atoms with Gasteiger partial charge in [0, 0.05) is 30.3 Å². The van der Waals surface area contributed by atoms with Gasteiger partial charge in [-0.2, -0.15) is 5.10 Å². The summed E-state index contributed by atoms with van der Waals surface area (Å²) in [7, 11) is 0. The highest BCUT2D eigenvalue weighted by Crippen LogP contribution is 2.22. The largest absolute Gasteiger partial charge is 0.350 e. The Bertz CT molecular complexity index is 1130. The molecule has 0 radical (unpaired) electrons. The molecule has 3 aromatic rings. The molecule has 0 spiro atoms. The van der Waals surface area contributed by atoms with E-state index < -0.39 is 10.8 Å². The molecule has 0 aliphatic rings. The molecule has 1 amide bonds. The summed E-state index contributed by atoms with van der Waals surface area (Å²) in [5, 5.41) is 17.7. The van der Waals surface area contributed by atoms with Crippen LogP contribution in [0.4, 0.5) is 10.1 Å². The minimum atomic E-state index is -0.627. The van der Waals surface area contributed by atoms with Crippen LogP contribution in [-0.4, -0.2) is 27.2 Å². The first-order chi connectivity index (χ1) is 13.8. The molecule has 0 fully saturated rings. The molecule has 29 heavy (non-hydrogen) atoms. The summed E-state index contributed by atoms with van der Waals surface area (Å²) in [5.41, 5.74) is 0.425. The zero-order chi connectivity index (χ0) is 21.0. The molecule has 0 unspecified atom stereocenters. The fourth-order valence-corrected chi connectivity index (χ4v) is 2.76. The molecule has 148 valence electrons. The third kappa shape index (κ3) is 4.82. The number of nitro benzene ring substituents is 1. The molecular weight excluding hydrogens is 403 g/mol. The molecule has 0 aliphatic carbocycles. The van der Waals surface area contributed by atoms with Gasteiger partial charge in [-0.25, -0.2) is 9.07 Å². The van der Waals surface area contributed by atoms with E-state index in [-0.39, 0.29) is 40.7 Å². The van der Waals surface area contributed by atoms with Crippen molar-refractivity contribution in [3.63, 3.8) is 0 Å². The van der Waals surface area contributed by atoms with Gasteiger partial charge in [-0.05, 0) is 36.4 Å². The van der Waals surface area contributed by atoms with Crippen LogP contribution in [-0.2, 0) is 6.54 Å². The van der Waals surface area contributed by atoms with E-state index >= 15 is 0 Å². The number of carbonyl (C=O) groups excluding carboxylic acids is 1. The Balaban J connectivity index is 1.70. The first kappa shape index (κ1) is 20.2. The Labute approximate surface area is 168 Å². The van der Waals surface area contributed by atoms with Crippen LogP contribution in [0, 0.1) is 15.9 Å². The molecular formula is C19H14ClFN4O4. The number of aromatic nitrogens is 2. The van der Waals surface area contributed by atoms with Crippen molar-refractivity contribution in [1.82, 2.24) is 15.1 Å². The zero-order valence-electron chi connectivity index (χ0n) is 14.8. The number of carbonyl (C=O) groups is 1. The molecule has 0 atom stereocenters. The standard InChI is InChI=1S/C19H14ClFN4O4/c20-16-6-5-14(25(28)29)11-15(16)19(27)22-9-10-24-18(26)8-7-17(23-24)12-1-3-13(21)4-2-12/h1-8,11H,9-10H2,(H,22,27). The lowest BCUT2D eigenvalue weighted by Gasteiger charge is -2.09. The van der Waals surface area contributed by atoms with Gasteiger partial charge in [0.2, 0.25) is 0 Å². The first-order valence-corrected chi connectivity index (χ1v) is 8.79. The van der Waals surface area contributed by atoms with E-state index in [0.717, 1.165) is 10.7 Å². The summed E-state index contributed by atoms with van der Waals surface area (Å²) in [5.74, 6) is -0.994. The smallest absolute Gasteiger partial charge is 0.270 e. The molecule has 2 aromatic carbocycles. The predicted octanol–water partition coefficient (Wildman–Crippen LogP) is 3.04. The van der Waals surface area contributed by atoms with E-state index in [1.807, 2.05) is 0 Å². The van der Waals surface area contributed by atoms with Crippen molar-refractivity contribution in [3.8, 4) is 11.3 Å². The van der Waals surface area contributed by atoms with E-state index in [4.69, 9.17) is 11.6 Å². The predicted molar refractivity (Wildman–Crippen MR) is 104 cm³/mol. The average molecular weight is 417 g/mol. The van der Waals surface area contributed by atoms with Crippen molar-refractivity contribution < 1.29 is 14.1 Å². The first-order valence-electron chi connectivity index (χ1n) is 8.41. The molecule has 1 heterocycles. The highest BCUT2D eigenvalue weighted by Gasteiger charge is 2.15. The van der Waals surface area contributed by atoms with Crippen molar-refractivity contribution in [2.24, 2.45) is 0 Å². The number of hydrogen-bond acceptors (Lipinski definition) is 5. The lowest BCUT2D eigenvalue weighted by atomic mass is 10.1. The maximum atomic E-state index is 13.1. The molecule has 0 aliphatic heterocycles. The van der Waals surface area contributed by atoms with Crippen LogP contribution in [0.5, 0.6) is 0 Å². The number of hydrogen-bond donors (Lipinski definition) is 1. The Hall–Kier alpha value is -3.59. The number of nitro groups is 1. The number of nitrogens with one attached hydrogen (secondary N) is 1. The maximum Gasteiger partial charge on any atom is 0.270 e. The van der Waals surface area contributed by atoms with Crippen LogP contribution >= 0.6 is 11.6 Å². The molecule has 3 rings (SSSR count). The van der Waals surface area contributed by atoms with Crippen LogP contribution in [0.2, 0.25) is 5.02 Å². The SMILES string of the molecule is O=C(NCCn1nc(-c2ccc(F)cc2)ccc1=O)c1cc([N+](=O)[O-])ccc1Cl. The molecule has 8 nitrogen and oxygen atoms in total. The number of nitrogens with zero attached hydrogens (tertiary/aromatic N) is 3. The Morgan fingerprint density at radius 1 is 1.17 bits per heavy atom. The van der Waals surface area contributed by atoms with Gasteiger partial charge < -0.3 is 5.32 Å². The summed E-state index contributed by atoms with van der Waals surface area (Å²) < 4.78 is 14.2. The van der Waals surface area contributed by atoms with Gasteiger partial charge in [0.1, 0.15) is 5.82 Å². The zero-order valence-corrected chi connectivity index (χ0v) is 15.6. The highest BCUT2D eigenvalue weighted by atomic mass is 35.5. The number of rotatable bonds is 6.